The zero-order valence-electron chi connectivity index (χ0n) is 13.3. The summed E-state index contributed by atoms with van der Waals surface area (Å²) in [6, 6.07) is 6.55. The van der Waals surface area contributed by atoms with Crippen molar-refractivity contribution in [1.29, 1.82) is 0 Å². The molecular formula is C17H26Cl4N2. The molecule has 2 aliphatic rings. The van der Waals surface area contributed by atoms with Gasteiger partial charge in [-0.15, -0.1) is 24.8 Å². The van der Waals surface area contributed by atoms with E-state index in [1.165, 1.54) is 37.7 Å². The van der Waals surface area contributed by atoms with E-state index in [-0.39, 0.29) is 24.8 Å². The van der Waals surface area contributed by atoms with Crippen molar-refractivity contribution in [2.45, 2.75) is 38.1 Å². The topological polar surface area (TPSA) is 15.3 Å². The van der Waals surface area contributed by atoms with Crippen LogP contribution in [-0.4, -0.2) is 31.1 Å². The van der Waals surface area contributed by atoms with E-state index in [4.69, 9.17) is 23.2 Å². The van der Waals surface area contributed by atoms with Crippen LogP contribution >= 0.6 is 48.0 Å². The van der Waals surface area contributed by atoms with E-state index in [9.17, 15) is 0 Å². The number of benzene rings is 1. The van der Waals surface area contributed by atoms with Gasteiger partial charge in [-0.05, 0) is 42.5 Å². The number of nitrogens with one attached hydrogen (secondary N) is 1. The van der Waals surface area contributed by atoms with Gasteiger partial charge in [0, 0.05) is 42.3 Å². The summed E-state index contributed by atoms with van der Waals surface area (Å²) >= 11 is 12.5. The van der Waals surface area contributed by atoms with E-state index < -0.39 is 0 Å². The molecule has 3 rings (SSSR count). The molecule has 0 radical (unpaired) electrons. The predicted molar refractivity (Wildman–Crippen MR) is 105 cm³/mol. The normalized spacial score (nSPS) is 21.1. The van der Waals surface area contributed by atoms with Gasteiger partial charge in [-0.1, -0.05) is 42.5 Å². The maximum absolute atomic E-state index is 6.26. The molecule has 0 amide bonds. The van der Waals surface area contributed by atoms with Crippen LogP contribution < -0.4 is 5.32 Å². The van der Waals surface area contributed by atoms with Gasteiger partial charge >= 0.3 is 0 Å². The van der Waals surface area contributed by atoms with Gasteiger partial charge in [0.15, 0.2) is 0 Å². The molecule has 1 heterocycles. The Morgan fingerprint density at radius 3 is 2.04 bits per heavy atom. The molecule has 0 spiro atoms. The SMILES string of the molecule is Cl.Cl.Clc1cc(Cl)cc([C@@H](C2CCCCC2)N2CCNCC2)c1. The van der Waals surface area contributed by atoms with Crippen molar-refractivity contribution in [3.8, 4) is 0 Å². The minimum absolute atomic E-state index is 0. The zero-order valence-corrected chi connectivity index (χ0v) is 16.4. The van der Waals surface area contributed by atoms with E-state index in [1.54, 1.807) is 0 Å². The molecule has 0 aromatic heterocycles. The lowest BCUT2D eigenvalue weighted by molar-refractivity contribution is 0.103. The molecule has 1 aromatic carbocycles. The first-order valence-electron chi connectivity index (χ1n) is 8.15. The van der Waals surface area contributed by atoms with Crippen LogP contribution in [0.25, 0.3) is 0 Å². The number of hydrogen-bond acceptors (Lipinski definition) is 2. The summed E-state index contributed by atoms with van der Waals surface area (Å²) in [5, 5.41) is 4.97. The van der Waals surface area contributed by atoms with Gasteiger partial charge < -0.3 is 5.32 Å². The highest BCUT2D eigenvalue weighted by atomic mass is 35.5. The minimum Gasteiger partial charge on any atom is -0.314 e. The number of rotatable bonds is 3. The van der Waals surface area contributed by atoms with Gasteiger partial charge in [0.25, 0.3) is 0 Å². The summed E-state index contributed by atoms with van der Waals surface area (Å²) in [4.78, 5) is 2.63. The predicted octanol–water partition coefficient (Wildman–Crippen LogP) is 5.36. The van der Waals surface area contributed by atoms with E-state index in [2.05, 4.69) is 22.3 Å². The second-order valence-electron chi connectivity index (χ2n) is 6.33. The van der Waals surface area contributed by atoms with Crippen LogP contribution in [0.5, 0.6) is 0 Å². The Balaban J connectivity index is 0.00000132. The number of nitrogens with zero attached hydrogens (tertiary/aromatic N) is 1. The van der Waals surface area contributed by atoms with Gasteiger partial charge in [0.2, 0.25) is 0 Å². The highest BCUT2D eigenvalue weighted by Crippen LogP contribution is 2.40. The van der Waals surface area contributed by atoms with E-state index in [0.29, 0.717) is 6.04 Å². The van der Waals surface area contributed by atoms with Crippen LogP contribution in [0.2, 0.25) is 10.0 Å². The van der Waals surface area contributed by atoms with Crippen LogP contribution in [0.3, 0.4) is 0 Å². The number of halogens is 4. The fourth-order valence-corrected chi connectivity index (χ4v) is 4.48. The smallest absolute Gasteiger partial charge is 0.0424 e. The third kappa shape index (κ3) is 5.66. The first kappa shape index (κ1) is 21.3. The molecule has 2 nitrogen and oxygen atoms in total. The molecule has 1 atom stereocenters. The Labute approximate surface area is 162 Å². The van der Waals surface area contributed by atoms with Crippen molar-refractivity contribution in [3.05, 3.63) is 33.8 Å². The summed E-state index contributed by atoms with van der Waals surface area (Å²) in [6.07, 6.45) is 6.78. The second-order valence-corrected chi connectivity index (χ2v) is 7.20. The van der Waals surface area contributed by atoms with Crippen molar-refractivity contribution in [2.75, 3.05) is 26.2 Å². The third-order valence-electron chi connectivity index (χ3n) is 4.87. The summed E-state index contributed by atoms with van der Waals surface area (Å²) in [5.74, 6) is 0.742. The Morgan fingerprint density at radius 2 is 1.48 bits per heavy atom. The Kier molecular flexibility index (Phi) is 9.58. The Hall–Kier alpha value is 0.300. The molecule has 1 N–H and O–H groups in total. The molecule has 0 unspecified atom stereocenters. The number of hydrogen-bond donors (Lipinski definition) is 1. The van der Waals surface area contributed by atoms with Crippen molar-refractivity contribution in [1.82, 2.24) is 10.2 Å². The lowest BCUT2D eigenvalue weighted by Crippen LogP contribution is -2.47. The molecule has 1 saturated heterocycles. The van der Waals surface area contributed by atoms with Crippen LogP contribution in [0, 0.1) is 5.92 Å². The van der Waals surface area contributed by atoms with Gasteiger partial charge in [0.05, 0.1) is 0 Å². The van der Waals surface area contributed by atoms with Crippen LogP contribution in [-0.2, 0) is 0 Å². The lowest BCUT2D eigenvalue weighted by Gasteiger charge is -2.41. The van der Waals surface area contributed by atoms with Crippen molar-refractivity contribution >= 4 is 48.0 Å². The maximum Gasteiger partial charge on any atom is 0.0424 e. The van der Waals surface area contributed by atoms with Gasteiger partial charge in [0.1, 0.15) is 0 Å². The molecule has 1 aliphatic carbocycles. The summed E-state index contributed by atoms with van der Waals surface area (Å²) in [6.45, 7) is 4.39. The summed E-state index contributed by atoms with van der Waals surface area (Å²) in [5.41, 5.74) is 1.31. The molecule has 0 bridgehead atoms. The molecule has 1 aliphatic heterocycles. The molecule has 1 aromatic rings. The second kappa shape index (κ2) is 10.3. The maximum atomic E-state index is 6.26. The van der Waals surface area contributed by atoms with Gasteiger partial charge in [-0.2, -0.15) is 0 Å². The average molecular weight is 400 g/mol. The summed E-state index contributed by atoms with van der Waals surface area (Å²) in [7, 11) is 0. The molecular weight excluding hydrogens is 374 g/mol. The Morgan fingerprint density at radius 1 is 0.913 bits per heavy atom. The minimum atomic E-state index is 0. The fraction of sp³-hybridized carbons (Fsp3) is 0.647. The number of piperazine rings is 1. The quantitative estimate of drug-likeness (QED) is 0.735. The standard InChI is InChI=1S/C17H24Cl2N2.2ClH/c18-15-10-14(11-16(19)12-15)17(13-4-2-1-3-5-13)21-8-6-20-7-9-21;;/h10-13,17,20H,1-9H2;2*1H/t17-;;/m1../s1. The van der Waals surface area contributed by atoms with Crippen LogP contribution in [0.4, 0.5) is 0 Å². The van der Waals surface area contributed by atoms with Gasteiger partial charge in [-0.25, -0.2) is 0 Å². The monoisotopic (exact) mass is 398 g/mol. The molecule has 132 valence electrons. The highest BCUT2D eigenvalue weighted by molar-refractivity contribution is 6.34. The third-order valence-corrected chi connectivity index (χ3v) is 5.30. The van der Waals surface area contributed by atoms with Crippen LogP contribution in [0.15, 0.2) is 18.2 Å². The van der Waals surface area contributed by atoms with Crippen molar-refractivity contribution < 1.29 is 0 Å². The van der Waals surface area contributed by atoms with E-state index in [0.717, 1.165) is 42.1 Å². The molecule has 23 heavy (non-hydrogen) atoms. The highest BCUT2D eigenvalue weighted by Gasteiger charge is 2.31. The van der Waals surface area contributed by atoms with Crippen molar-refractivity contribution in [3.63, 3.8) is 0 Å². The molecule has 6 heteroatoms. The van der Waals surface area contributed by atoms with Crippen LogP contribution in [0.1, 0.15) is 43.7 Å². The van der Waals surface area contributed by atoms with Gasteiger partial charge in [-0.3, -0.25) is 4.90 Å². The van der Waals surface area contributed by atoms with Crippen molar-refractivity contribution in [2.24, 2.45) is 5.92 Å². The van der Waals surface area contributed by atoms with E-state index >= 15 is 0 Å². The molecule has 2 fully saturated rings. The first-order chi connectivity index (χ1) is 10.2. The molecule has 1 saturated carbocycles. The lowest BCUT2D eigenvalue weighted by atomic mass is 9.80. The van der Waals surface area contributed by atoms with E-state index in [1.807, 2.05) is 6.07 Å². The summed E-state index contributed by atoms with van der Waals surface area (Å²) < 4.78 is 0. The Bertz CT molecular complexity index is 433. The average Bonchev–Trinajstić information content (AvgIpc) is 2.49. The fourth-order valence-electron chi connectivity index (χ4n) is 3.94. The first-order valence-corrected chi connectivity index (χ1v) is 8.90. The largest absolute Gasteiger partial charge is 0.314 e. The zero-order chi connectivity index (χ0) is 14.7.